The Morgan fingerprint density at radius 1 is 1.24 bits per heavy atom. The number of nitrogens with one attached hydrogen (secondary N) is 1. The van der Waals surface area contributed by atoms with Gasteiger partial charge in [0.1, 0.15) is 10.9 Å². The molecule has 1 N–H and O–H groups in total. The van der Waals surface area contributed by atoms with E-state index in [1.165, 1.54) is 10.9 Å². The molecule has 7 nitrogen and oxygen atoms in total. The van der Waals surface area contributed by atoms with E-state index in [1.54, 1.807) is 32.9 Å². The second-order valence-electron chi connectivity index (χ2n) is 6.92. The number of para-hydroxylation sites is 1. The number of hydrogen-bond acceptors (Lipinski definition) is 6. The molecule has 2 aromatic heterocycles. The van der Waals surface area contributed by atoms with E-state index in [0.29, 0.717) is 32.8 Å². The summed E-state index contributed by atoms with van der Waals surface area (Å²) in [5.41, 5.74) is 0.870. The molecule has 0 aliphatic carbocycles. The van der Waals surface area contributed by atoms with Crippen molar-refractivity contribution in [2.24, 2.45) is 0 Å². The van der Waals surface area contributed by atoms with E-state index in [-0.39, 0.29) is 17.6 Å². The van der Waals surface area contributed by atoms with Crippen molar-refractivity contribution in [3.05, 3.63) is 57.5 Å². The van der Waals surface area contributed by atoms with Crippen LogP contribution in [0.15, 0.2) is 41.5 Å². The highest BCUT2D eigenvalue weighted by Crippen LogP contribution is 2.28. The van der Waals surface area contributed by atoms with Gasteiger partial charge in [-0.25, -0.2) is 9.78 Å². The maximum Gasteiger partial charge on any atom is 0.329 e. The van der Waals surface area contributed by atoms with Gasteiger partial charge in [0, 0.05) is 5.69 Å². The van der Waals surface area contributed by atoms with Crippen LogP contribution in [-0.2, 0) is 9.53 Å². The van der Waals surface area contributed by atoms with Crippen molar-refractivity contribution in [2.45, 2.75) is 46.3 Å². The Morgan fingerprint density at radius 2 is 1.93 bits per heavy atom. The molecule has 3 rings (SSSR count). The molecule has 0 bridgehead atoms. The summed E-state index contributed by atoms with van der Waals surface area (Å²) in [5, 5.41) is 3.18. The number of carbonyl (C=O) groups excluding carboxylic acids is 2. The maximum atomic E-state index is 13.1. The minimum Gasteiger partial charge on any atom is -0.461 e. The molecule has 1 aromatic carbocycles. The summed E-state index contributed by atoms with van der Waals surface area (Å²) in [6, 6.07) is 8.34. The molecule has 0 aliphatic heterocycles. The summed E-state index contributed by atoms with van der Waals surface area (Å²) in [7, 11) is 0. The van der Waals surface area contributed by atoms with Gasteiger partial charge in [-0.3, -0.25) is 14.2 Å². The molecule has 0 saturated heterocycles. The summed E-state index contributed by atoms with van der Waals surface area (Å²) < 4.78 is 6.57. The topological polar surface area (TPSA) is 90.3 Å². The van der Waals surface area contributed by atoms with E-state index in [0.717, 1.165) is 11.3 Å². The second-order valence-corrected chi connectivity index (χ2v) is 7.92. The lowest BCUT2D eigenvalue weighted by atomic mass is 10.2. The zero-order valence-corrected chi connectivity index (χ0v) is 17.6. The van der Waals surface area contributed by atoms with Gasteiger partial charge in [0.2, 0.25) is 0 Å². The van der Waals surface area contributed by atoms with Crippen LogP contribution in [0.4, 0.5) is 5.69 Å². The number of ether oxygens (including phenoxy) is 1. The number of esters is 1. The number of rotatable bonds is 6. The van der Waals surface area contributed by atoms with Crippen LogP contribution in [0.5, 0.6) is 0 Å². The number of fused-ring (bicyclic) bond motifs is 1. The van der Waals surface area contributed by atoms with Gasteiger partial charge >= 0.3 is 5.97 Å². The predicted octanol–water partition coefficient (Wildman–Crippen LogP) is 3.92. The van der Waals surface area contributed by atoms with Gasteiger partial charge in [-0.1, -0.05) is 25.1 Å². The fraction of sp³-hybridized carbons (Fsp3) is 0.333. The lowest BCUT2D eigenvalue weighted by molar-refractivity contribution is -0.151. The Hall–Kier alpha value is -3.00. The summed E-state index contributed by atoms with van der Waals surface area (Å²) in [4.78, 5) is 43.5. The first-order valence-electron chi connectivity index (χ1n) is 9.40. The number of nitrogens with zero attached hydrogens (tertiary/aromatic N) is 2. The van der Waals surface area contributed by atoms with Crippen LogP contribution in [0.25, 0.3) is 10.2 Å². The summed E-state index contributed by atoms with van der Waals surface area (Å²) >= 11 is 1.16. The molecule has 0 saturated carbocycles. The monoisotopic (exact) mass is 413 g/mol. The first-order chi connectivity index (χ1) is 13.8. The molecule has 29 heavy (non-hydrogen) atoms. The minimum atomic E-state index is -0.761. The third-order valence-corrected chi connectivity index (χ3v) is 5.66. The Bertz CT molecular complexity index is 1100. The molecule has 152 valence electrons. The summed E-state index contributed by atoms with van der Waals surface area (Å²) in [5.74, 6) is -0.769. The van der Waals surface area contributed by atoms with Gasteiger partial charge in [-0.2, -0.15) is 0 Å². The number of thiophene rings is 1. The van der Waals surface area contributed by atoms with E-state index in [1.807, 2.05) is 25.1 Å². The van der Waals surface area contributed by atoms with Gasteiger partial charge in [0.05, 0.1) is 22.7 Å². The molecular formula is C21H23N3O4S. The quantitative estimate of drug-likeness (QED) is 0.619. The van der Waals surface area contributed by atoms with E-state index in [9.17, 15) is 14.4 Å². The van der Waals surface area contributed by atoms with Crippen molar-refractivity contribution in [3.8, 4) is 0 Å². The molecule has 3 aromatic rings. The standard InChI is InChI=1S/C21H23N3O4S/c1-5-15(21(27)28-12(2)3)24-11-22-19-16(20(24)26)13(4)17(29-19)18(25)23-14-9-7-6-8-10-14/h6-12,15H,5H2,1-4H3,(H,23,25)/t15-/m0/s1. The van der Waals surface area contributed by atoms with Gasteiger partial charge in [-0.15, -0.1) is 11.3 Å². The fourth-order valence-electron chi connectivity index (χ4n) is 3.07. The molecule has 8 heteroatoms. The Kier molecular flexibility index (Phi) is 6.12. The average Bonchev–Trinajstić information content (AvgIpc) is 3.02. The van der Waals surface area contributed by atoms with Crippen molar-refractivity contribution < 1.29 is 14.3 Å². The molecule has 0 radical (unpaired) electrons. The Morgan fingerprint density at radius 3 is 2.55 bits per heavy atom. The van der Waals surface area contributed by atoms with Crippen molar-refractivity contribution in [3.63, 3.8) is 0 Å². The summed E-state index contributed by atoms with van der Waals surface area (Å²) in [6.07, 6.45) is 1.47. The second kappa shape index (κ2) is 8.57. The normalized spacial score (nSPS) is 12.2. The highest BCUT2D eigenvalue weighted by molar-refractivity contribution is 7.20. The van der Waals surface area contributed by atoms with Crippen LogP contribution >= 0.6 is 11.3 Å². The fourth-order valence-corrected chi connectivity index (χ4v) is 4.11. The number of aryl methyl sites for hydroxylation is 1. The Balaban J connectivity index is 2.00. The molecular weight excluding hydrogens is 390 g/mol. The zero-order chi connectivity index (χ0) is 21.1. The number of anilines is 1. The lowest BCUT2D eigenvalue weighted by Crippen LogP contribution is -2.32. The highest BCUT2D eigenvalue weighted by Gasteiger charge is 2.26. The molecule has 0 unspecified atom stereocenters. The van der Waals surface area contributed by atoms with Crippen LogP contribution in [0, 0.1) is 6.92 Å². The molecule has 0 spiro atoms. The van der Waals surface area contributed by atoms with Crippen LogP contribution in [0.2, 0.25) is 0 Å². The van der Waals surface area contributed by atoms with Crippen molar-refractivity contribution >= 4 is 39.1 Å². The van der Waals surface area contributed by atoms with E-state index in [2.05, 4.69) is 10.3 Å². The smallest absolute Gasteiger partial charge is 0.329 e. The van der Waals surface area contributed by atoms with Gasteiger partial charge < -0.3 is 10.1 Å². The third kappa shape index (κ3) is 4.22. The van der Waals surface area contributed by atoms with Gasteiger partial charge in [-0.05, 0) is 44.9 Å². The first-order valence-corrected chi connectivity index (χ1v) is 10.2. The van der Waals surface area contributed by atoms with E-state index in [4.69, 9.17) is 4.74 Å². The SMILES string of the molecule is CC[C@@H](C(=O)OC(C)C)n1cnc2sc(C(=O)Nc3ccccc3)c(C)c2c1=O. The number of hydrogen-bond donors (Lipinski definition) is 1. The van der Waals surface area contributed by atoms with Crippen LogP contribution in [-0.4, -0.2) is 27.5 Å². The van der Waals surface area contributed by atoms with Crippen LogP contribution in [0.1, 0.15) is 48.5 Å². The number of aromatic nitrogens is 2. The molecule has 1 amide bonds. The highest BCUT2D eigenvalue weighted by atomic mass is 32.1. The number of carbonyl (C=O) groups is 2. The first kappa shape index (κ1) is 20.7. The van der Waals surface area contributed by atoms with Crippen molar-refractivity contribution in [1.29, 1.82) is 0 Å². The van der Waals surface area contributed by atoms with Crippen molar-refractivity contribution in [2.75, 3.05) is 5.32 Å². The third-order valence-electron chi connectivity index (χ3n) is 4.46. The van der Waals surface area contributed by atoms with Crippen LogP contribution in [0.3, 0.4) is 0 Å². The largest absolute Gasteiger partial charge is 0.461 e. The molecule has 1 atom stereocenters. The maximum absolute atomic E-state index is 13.1. The van der Waals surface area contributed by atoms with Crippen molar-refractivity contribution in [1.82, 2.24) is 9.55 Å². The summed E-state index contributed by atoms with van der Waals surface area (Å²) in [6.45, 7) is 7.05. The van der Waals surface area contributed by atoms with E-state index >= 15 is 0 Å². The van der Waals surface area contributed by atoms with E-state index < -0.39 is 12.0 Å². The average molecular weight is 413 g/mol. The predicted molar refractivity (Wildman–Crippen MR) is 114 cm³/mol. The van der Waals surface area contributed by atoms with Gasteiger partial charge in [0.25, 0.3) is 11.5 Å². The van der Waals surface area contributed by atoms with Crippen LogP contribution < -0.4 is 10.9 Å². The molecule has 2 heterocycles. The number of benzene rings is 1. The lowest BCUT2D eigenvalue weighted by Gasteiger charge is -2.18. The molecule has 0 fully saturated rings. The van der Waals surface area contributed by atoms with Gasteiger partial charge in [0.15, 0.2) is 0 Å². The molecule has 0 aliphatic rings. The minimum absolute atomic E-state index is 0.278. The zero-order valence-electron chi connectivity index (χ0n) is 16.8. The Labute approximate surface area is 172 Å². The number of amides is 1.